The number of hydrogen-bond donors (Lipinski definition) is 1. The molecule has 1 atom stereocenters. The minimum atomic E-state index is 0.279. The first kappa shape index (κ1) is 25.1. The van der Waals surface area contributed by atoms with E-state index in [-0.39, 0.29) is 5.78 Å². The molecule has 1 fully saturated rings. The van der Waals surface area contributed by atoms with Crippen LogP contribution in [0.4, 0.5) is 5.13 Å². The fourth-order valence-electron chi connectivity index (χ4n) is 5.84. The molecule has 2 aliphatic rings. The number of carbonyl (C=O) groups excluding carboxylic acids is 1. The van der Waals surface area contributed by atoms with Gasteiger partial charge < -0.3 is 10.6 Å². The van der Waals surface area contributed by atoms with Crippen molar-refractivity contribution in [1.82, 2.24) is 9.88 Å². The number of nitrogens with two attached hydrogens (primary N) is 1. The second-order valence-electron chi connectivity index (χ2n) is 10.4. The molecule has 0 aliphatic heterocycles. The minimum Gasteiger partial charge on any atom is -0.375 e. The normalized spacial score (nSPS) is 22.9. The van der Waals surface area contributed by atoms with Crippen molar-refractivity contribution in [2.45, 2.75) is 84.1 Å². The third-order valence-electron chi connectivity index (χ3n) is 7.88. The van der Waals surface area contributed by atoms with Gasteiger partial charge in [-0.05, 0) is 94.0 Å². The molecule has 184 valence electrons. The first-order valence-corrected chi connectivity index (χ1v) is 14.1. The van der Waals surface area contributed by atoms with Crippen LogP contribution in [0.5, 0.6) is 0 Å². The molecule has 34 heavy (non-hydrogen) atoms. The zero-order valence-corrected chi connectivity index (χ0v) is 21.8. The summed E-state index contributed by atoms with van der Waals surface area (Å²) in [6.45, 7) is 6.77. The molecule has 4 rings (SSSR count). The first-order chi connectivity index (χ1) is 16.5. The number of thiazole rings is 1. The van der Waals surface area contributed by atoms with Gasteiger partial charge in [-0.2, -0.15) is 0 Å². The Balaban J connectivity index is 1.20. The molecule has 2 N–H and O–H groups in total. The van der Waals surface area contributed by atoms with E-state index in [2.05, 4.69) is 35.9 Å². The van der Waals surface area contributed by atoms with Crippen LogP contribution >= 0.6 is 11.3 Å². The molecule has 0 radical (unpaired) electrons. The summed E-state index contributed by atoms with van der Waals surface area (Å²) in [5.41, 5.74) is 9.56. The van der Waals surface area contributed by atoms with Crippen molar-refractivity contribution in [2.75, 3.05) is 18.8 Å². The van der Waals surface area contributed by atoms with Gasteiger partial charge in [-0.1, -0.05) is 50.1 Å². The number of fused-ring (bicyclic) bond motifs is 1. The molecule has 2 aromatic rings. The summed E-state index contributed by atoms with van der Waals surface area (Å²) in [6.07, 6.45) is 15.4. The summed E-state index contributed by atoms with van der Waals surface area (Å²) in [6, 6.07) is 8.87. The molecule has 2 aliphatic carbocycles. The fraction of sp³-hybridized carbons (Fsp3) is 0.586. The van der Waals surface area contributed by atoms with Crippen molar-refractivity contribution in [1.29, 1.82) is 0 Å². The largest absolute Gasteiger partial charge is 0.375 e. The van der Waals surface area contributed by atoms with E-state index in [9.17, 15) is 4.79 Å². The minimum absolute atomic E-state index is 0.279. The quantitative estimate of drug-likeness (QED) is 0.397. The average molecular weight is 480 g/mol. The molecule has 0 saturated heterocycles. The lowest BCUT2D eigenvalue weighted by atomic mass is 9.78. The van der Waals surface area contributed by atoms with Crippen molar-refractivity contribution in [3.05, 3.63) is 52.0 Å². The summed E-state index contributed by atoms with van der Waals surface area (Å²) < 4.78 is 0. The molecule has 1 saturated carbocycles. The summed E-state index contributed by atoms with van der Waals surface area (Å²) in [5, 5.41) is 0.730. The van der Waals surface area contributed by atoms with E-state index in [1.807, 2.05) is 18.2 Å². The van der Waals surface area contributed by atoms with Gasteiger partial charge in [-0.25, -0.2) is 4.98 Å². The standard InChI is InChI=1S/C29H41N3OS/c1-3-17-32(25-13-15-27-28(20-25)34-29(30)31-27)18-16-22-8-10-23(11-9-22)19-26(33)14-12-24-7-5-4-6-21(24)2/h4-7,12,14,22-23,25H,3,8-11,13,15-20H2,1-2H3,(H2,30,31)/b14-12+/t22?,23?,25-/m0/s1. The Morgan fingerprint density at radius 3 is 2.68 bits per heavy atom. The Hall–Kier alpha value is -1.98. The zero-order valence-electron chi connectivity index (χ0n) is 21.0. The van der Waals surface area contributed by atoms with Gasteiger partial charge in [0.1, 0.15) is 0 Å². The molecular formula is C29H41N3OS. The van der Waals surface area contributed by atoms with Crippen LogP contribution in [0.3, 0.4) is 0 Å². The molecule has 0 bridgehead atoms. The molecule has 0 amide bonds. The Morgan fingerprint density at radius 2 is 1.91 bits per heavy atom. The Morgan fingerprint density at radius 1 is 1.15 bits per heavy atom. The number of nitrogens with zero attached hydrogens (tertiary/aromatic N) is 2. The number of aryl methyl sites for hydroxylation is 2. The molecule has 1 aromatic carbocycles. The van der Waals surface area contributed by atoms with E-state index >= 15 is 0 Å². The van der Waals surface area contributed by atoms with Crippen LogP contribution in [0.15, 0.2) is 30.3 Å². The van der Waals surface area contributed by atoms with Gasteiger partial charge in [0, 0.05) is 17.3 Å². The van der Waals surface area contributed by atoms with Crippen LogP contribution in [0.1, 0.15) is 80.0 Å². The van der Waals surface area contributed by atoms with E-state index in [1.54, 1.807) is 17.4 Å². The zero-order chi connectivity index (χ0) is 23.9. The molecule has 1 heterocycles. The third kappa shape index (κ3) is 6.79. The number of ketones is 1. The van der Waals surface area contributed by atoms with Crippen molar-refractivity contribution < 1.29 is 4.79 Å². The molecule has 5 heteroatoms. The Labute approximate surface area is 209 Å². The average Bonchev–Trinajstić information content (AvgIpc) is 3.21. The predicted molar refractivity (Wildman–Crippen MR) is 144 cm³/mol. The smallest absolute Gasteiger partial charge is 0.180 e. The monoisotopic (exact) mass is 479 g/mol. The number of allylic oxidation sites excluding steroid dienone is 1. The topological polar surface area (TPSA) is 59.2 Å². The van der Waals surface area contributed by atoms with E-state index in [0.29, 0.717) is 18.4 Å². The Bertz CT molecular complexity index is 974. The highest BCUT2D eigenvalue weighted by atomic mass is 32.1. The lowest BCUT2D eigenvalue weighted by Gasteiger charge is -2.36. The molecule has 0 unspecified atom stereocenters. The predicted octanol–water partition coefficient (Wildman–Crippen LogP) is 6.47. The molecule has 1 aromatic heterocycles. The molecule has 4 nitrogen and oxygen atoms in total. The Kier molecular flexibility index (Phi) is 8.96. The van der Waals surface area contributed by atoms with Gasteiger partial charge >= 0.3 is 0 Å². The highest BCUT2D eigenvalue weighted by Gasteiger charge is 2.28. The van der Waals surface area contributed by atoms with E-state index < -0.39 is 0 Å². The van der Waals surface area contributed by atoms with Crippen molar-refractivity contribution in [3.63, 3.8) is 0 Å². The number of benzene rings is 1. The second-order valence-corrected chi connectivity index (χ2v) is 11.5. The van der Waals surface area contributed by atoms with Gasteiger partial charge in [-0.15, -0.1) is 11.3 Å². The number of hydrogen-bond acceptors (Lipinski definition) is 5. The van der Waals surface area contributed by atoms with Crippen LogP contribution in [0.2, 0.25) is 0 Å². The summed E-state index contributed by atoms with van der Waals surface area (Å²) >= 11 is 1.69. The summed E-state index contributed by atoms with van der Waals surface area (Å²) in [7, 11) is 0. The number of aromatic nitrogens is 1. The van der Waals surface area contributed by atoms with E-state index in [4.69, 9.17) is 5.73 Å². The van der Waals surface area contributed by atoms with E-state index in [0.717, 1.165) is 29.5 Å². The first-order valence-electron chi connectivity index (χ1n) is 13.3. The van der Waals surface area contributed by atoms with Crippen molar-refractivity contribution in [3.8, 4) is 0 Å². The van der Waals surface area contributed by atoms with Gasteiger partial charge in [0.2, 0.25) is 0 Å². The SMILES string of the molecule is CCCN(CCC1CCC(CC(=O)/C=C/c2ccccc2C)CC1)[C@H]1CCc2nc(N)sc2C1. The highest BCUT2D eigenvalue weighted by molar-refractivity contribution is 7.15. The maximum absolute atomic E-state index is 12.5. The lowest BCUT2D eigenvalue weighted by molar-refractivity contribution is -0.115. The van der Waals surface area contributed by atoms with Crippen LogP contribution in [-0.2, 0) is 17.6 Å². The van der Waals surface area contributed by atoms with Gasteiger partial charge in [-0.3, -0.25) is 4.79 Å². The van der Waals surface area contributed by atoms with Gasteiger partial charge in [0.05, 0.1) is 5.69 Å². The van der Waals surface area contributed by atoms with Crippen LogP contribution in [0, 0.1) is 18.8 Å². The number of carbonyl (C=O) groups is 1. The van der Waals surface area contributed by atoms with Crippen LogP contribution in [0.25, 0.3) is 6.08 Å². The number of rotatable bonds is 10. The van der Waals surface area contributed by atoms with Crippen molar-refractivity contribution >= 4 is 28.3 Å². The maximum atomic E-state index is 12.5. The summed E-state index contributed by atoms with van der Waals surface area (Å²) in [4.78, 5) is 21.2. The maximum Gasteiger partial charge on any atom is 0.180 e. The van der Waals surface area contributed by atoms with E-state index in [1.165, 1.54) is 74.2 Å². The number of anilines is 1. The van der Waals surface area contributed by atoms with Crippen LogP contribution in [-0.4, -0.2) is 34.8 Å². The van der Waals surface area contributed by atoms with Gasteiger partial charge in [0.15, 0.2) is 10.9 Å². The highest BCUT2D eigenvalue weighted by Crippen LogP contribution is 2.34. The molecule has 0 spiro atoms. The van der Waals surface area contributed by atoms with Gasteiger partial charge in [0.25, 0.3) is 0 Å². The fourth-order valence-corrected chi connectivity index (χ4v) is 6.78. The summed E-state index contributed by atoms with van der Waals surface area (Å²) in [5.74, 6) is 1.65. The third-order valence-corrected chi connectivity index (χ3v) is 8.82. The molecular weight excluding hydrogens is 438 g/mol. The van der Waals surface area contributed by atoms with Crippen LogP contribution < -0.4 is 5.73 Å². The van der Waals surface area contributed by atoms with Crippen molar-refractivity contribution in [2.24, 2.45) is 11.8 Å². The number of nitrogen functional groups attached to an aromatic ring is 1. The second kappa shape index (κ2) is 12.1. The lowest BCUT2D eigenvalue weighted by Crippen LogP contribution is -2.41.